The summed E-state index contributed by atoms with van der Waals surface area (Å²) < 4.78 is 0. The summed E-state index contributed by atoms with van der Waals surface area (Å²) in [5.41, 5.74) is 6.61. The molecule has 2 nitrogen and oxygen atoms in total. The van der Waals surface area contributed by atoms with Crippen LogP contribution in [0.15, 0.2) is 48.7 Å². The standard InChI is InChI=1S/C26H33NO/c1-18-8-13-23-20(16-18)14-15-27(23)17-22(24(28)26(5,6)7)19-9-11-21(12-10-19)25(2,3)4/h8-13,16-17H,14-15H2,1-7H3/b22-17+. The van der Waals surface area contributed by atoms with Crippen molar-refractivity contribution in [2.45, 2.75) is 60.3 Å². The highest BCUT2D eigenvalue weighted by Crippen LogP contribution is 2.34. The number of allylic oxidation sites excluding steroid dienone is 1. The maximum absolute atomic E-state index is 13.3. The van der Waals surface area contributed by atoms with Gasteiger partial charge in [0.2, 0.25) is 0 Å². The minimum atomic E-state index is -0.426. The number of carbonyl (C=O) groups excluding carboxylic acids is 1. The molecule has 0 aliphatic carbocycles. The van der Waals surface area contributed by atoms with Crippen LogP contribution in [0.25, 0.3) is 5.57 Å². The van der Waals surface area contributed by atoms with Gasteiger partial charge in [-0.05, 0) is 41.5 Å². The lowest BCUT2D eigenvalue weighted by Gasteiger charge is -2.24. The van der Waals surface area contributed by atoms with Crippen LogP contribution in [0.2, 0.25) is 0 Å². The second-order valence-electron chi connectivity index (χ2n) is 10.0. The molecular formula is C26H33NO. The average Bonchev–Trinajstić information content (AvgIpc) is 2.99. The number of ketones is 1. The van der Waals surface area contributed by atoms with Crippen LogP contribution >= 0.6 is 0 Å². The van der Waals surface area contributed by atoms with E-state index in [2.05, 4.69) is 81.3 Å². The molecule has 2 heteroatoms. The number of fused-ring (bicyclic) bond motifs is 1. The first kappa shape index (κ1) is 20.4. The van der Waals surface area contributed by atoms with Crippen LogP contribution < -0.4 is 4.90 Å². The van der Waals surface area contributed by atoms with E-state index in [1.54, 1.807) is 0 Å². The van der Waals surface area contributed by atoms with Gasteiger partial charge in [-0.25, -0.2) is 0 Å². The van der Waals surface area contributed by atoms with Crippen molar-refractivity contribution in [3.05, 3.63) is 70.9 Å². The van der Waals surface area contributed by atoms with Crippen molar-refractivity contribution >= 4 is 17.0 Å². The number of Topliss-reactive ketones (excluding diaryl/α,β-unsaturated/α-hetero) is 1. The Morgan fingerprint density at radius 1 is 0.964 bits per heavy atom. The molecular weight excluding hydrogens is 342 g/mol. The van der Waals surface area contributed by atoms with E-state index in [9.17, 15) is 4.79 Å². The van der Waals surface area contributed by atoms with Crippen LogP contribution in [-0.2, 0) is 16.6 Å². The lowest BCUT2D eigenvalue weighted by Crippen LogP contribution is -2.24. The number of carbonyl (C=O) groups is 1. The van der Waals surface area contributed by atoms with E-state index in [4.69, 9.17) is 0 Å². The van der Waals surface area contributed by atoms with E-state index in [0.717, 1.165) is 24.1 Å². The fraction of sp³-hybridized carbons (Fsp3) is 0.423. The molecule has 0 unspecified atom stereocenters. The average molecular weight is 376 g/mol. The zero-order valence-corrected chi connectivity index (χ0v) is 18.4. The van der Waals surface area contributed by atoms with Crippen molar-refractivity contribution in [1.82, 2.24) is 0 Å². The molecule has 2 aromatic rings. The minimum Gasteiger partial charge on any atom is -0.347 e. The molecule has 148 valence electrons. The molecule has 0 spiro atoms. The topological polar surface area (TPSA) is 20.3 Å². The summed E-state index contributed by atoms with van der Waals surface area (Å²) in [6, 6.07) is 15.1. The Morgan fingerprint density at radius 2 is 1.61 bits per heavy atom. The number of benzene rings is 2. The largest absolute Gasteiger partial charge is 0.347 e. The predicted molar refractivity (Wildman–Crippen MR) is 120 cm³/mol. The summed E-state index contributed by atoms with van der Waals surface area (Å²) in [7, 11) is 0. The fourth-order valence-electron chi connectivity index (χ4n) is 3.66. The summed E-state index contributed by atoms with van der Waals surface area (Å²) in [6.45, 7) is 15.7. The number of nitrogens with zero attached hydrogens (tertiary/aromatic N) is 1. The van der Waals surface area contributed by atoms with Crippen molar-refractivity contribution in [1.29, 1.82) is 0 Å². The van der Waals surface area contributed by atoms with Crippen LogP contribution in [0, 0.1) is 12.3 Å². The van der Waals surface area contributed by atoms with Gasteiger partial charge in [0.25, 0.3) is 0 Å². The Labute approximate surface area is 170 Å². The highest BCUT2D eigenvalue weighted by atomic mass is 16.1. The van der Waals surface area contributed by atoms with Crippen molar-refractivity contribution in [3.8, 4) is 0 Å². The predicted octanol–water partition coefficient (Wildman–Crippen LogP) is 6.31. The van der Waals surface area contributed by atoms with Gasteiger partial charge in [0, 0.05) is 29.4 Å². The molecule has 0 amide bonds. The van der Waals surface area contributed by atoms with Gasteiger partial charge >= 0.3 is 0 Å². The normalized spacial score (nSPS) is 15.0. The molecule has 0 atom stereocenters. The number of hydrogen-bond donors (Lipinski definition) is 0. The lowest BCUT2D eigenvalue weighted by atomic mass is 9.82. The van der Waals surface area contributed by atoms with Crippen molar-refractivity contribution in [3.63, 3.8) is 0 Å². The number of rotatable bonds is 3. The molecule has 0 N–H and O–H groups in total. The maximum Gasteiger partial charge on any atom is 0.170 e. The molecule has 0 bridgehead atoms. The Balaban J connectivity index is 2.04. The summed E-state index contributed by atoms with van der Waals surface area (Å²) >= 11 is 0. The Morgan fingerprint density at radius 3 is 2.18 bits per heavy atom. The summed E-state index contributed by atoms with van der Waals surface area (Å²) in [4.78, 5) is 15.5. The first-order valence-electron chi connectivity index (χ1n) is 10.2. The number of anilines is 1. The number of aryl methyl sites for hydroxylation is 1. The second-order valence-corrected chi connectivity index (χ2v) is 10.0. The zero-order valence-electron chi connectivity index (χ0n) is 18.4. The van der Waals surface area contributed by atoms with E-state index >= 15 is 0 Å². The van der Waals surface area contributed by atoms with Crippen LogP contribution in [0.3, 0.4) is 0 Å². The van der Waals surface area contributed by atoms with E-state index < -0.39 is 5.41 Å². The fourth-order valence-corrected chi connectivity index (χ4v) is 3.66. The second kappa shape index (κ2) is 7.24. The number of hydrogen-bond acceptors (Lipinski definition) is 2. The Bertz CT molecular complexity index is 905. The van der Waals surface area contributed by atoms with Gasteiger partial charge in [0.05, 0.1) is 0 Å². The monoisotopic (exact) mass is 375 g/mol. The third kappa shape index (κ3) is 4.22. The molecule has 2 aromatic carbocycles. The van der Waals surface area contributed by atoms with Gasteiger partial charge in [-0.3, -0.25) is 4.79 Å². The van der Waals surface area contributed by atoms with Crippen molar-refractivity contribution in [2.75, 3.05) is 11.4 Å². The summed E-state index contributed by atoms with van der Waals surface area (Å²) in [6.07, 6.45) is 3.09. The Hall–Kier alpha value is -2.35. The first-order valence-corrected chi connectivity index (χ1v) is 10.2. The molecule has 1 aliphatic heterocycles. The van der Waals surface area contributed by atoms with Gasteiger partial charge in [-0.1, -0.05) is 83.5 Å². The molecule has 0 fully saturated rings. The highest BCUT2D eigenvalue weighted by molar-refractivity contribution is 6.23. The van der Waals surface area contributed by atoms with Crippen LogP contribution in [-0.4, -0.2) is 12.3 Å². The van der Waals surface area contributed by atoms with E-state index in [1.165, 1.54) is 22.4 Å². The first-order chi connectivity index (χ1) is 13.0. The third-order valence-corrected chi connectivity index (χ3v) is 5.44. The maximum atomic E-state index is 13.3. The van der Waals surface area contributed by atoms with Crippen molar-refractivity contribution in [2.24, 2.45) is 5.41 Å². The lowest BCUT2D eigenvalue weighted by molar-refractivity contribution is -0.120. The molecule has 0 radical (unpaired) electrons. The molecule has 28 heavy (non-hydrogen) atoms. The van der Waals surface area contributed by atoms with Gasteiger partial charge in [-0.2, -0.15) is 0 Å². The van der Waals surface area contributed by atoms with Gasteiger partial charge in [-0.15, -0.1) is 0 Å². The summed E-state index contributed by atoms with van der Waals surface area (Å²) in [5, 5.41) is 0. The molecule has 1 heterocycles. The SMILES string of the molecule is Cc1ccc2c(c1)CCN2/C=C(/C(=O)C(C)(C)C)c1ccc(C(C)(C)C)cc1. The van der Waals surface area contributed by atoms with E-state index in [-0.39, 0.29) is 11.2 Å². The molecule has 1 aliphatic rings. The molecule has 0 aromatic heterocycles. The zero-order chi connectivity index (χ0) is 20.7. The van der Waals surface area contributed by atoms with E-state index in [1.807, 2.05) is 20.8 Å². The highest BCUT2D eigenvalue weighted by Gasteiger charge is 2.28. The van der Waals surface area contributed by atoms with Gasteiger partial charge in [0.1, 0.15) is 0 Å². The van der Waals surface area contributed by atoms with Gasteiger partial charge < -0.3 is 4.90 Å². The van der Waals surface area contributed by atoms with Crippen LogP contribution in [0.1, 0.15) is 63.8 Å². The molecule has 3 rings (SSSR count). The van der Waals surface area contributed by atoms with Crippen molar-refractivity contribution < 1.29 is 4.79 Å². The molecule has 0 saturated heterocycles. The third-order valence-electron chi connectivity index (χ3n) is 5.44. The Kier molecular flexibility index (Phi) is 5.27. The molecule has 0 saturated carbocycles. The quantitative estimate of drug-likeness (QED) is 0.586. The van der Waals surface area contributed by atoms with Gasteiger partial charge in [0.15, 0.2) is 5.78 Å². The van der Waals surface area contributed by atoms with Crippen LogP contribution in [0.4, 0.5) is 5.69 Å². The smallest absolute Gasteiger partial charge is 0.170 e. The minimum absolute atomic E-state index is 0.0994. The van der Waals surface area contributed by atoms with Crippen LogP contribution in [0.5, 0.6) is 0 Å². The summed E-state index contributed by atoms with van der Waals surface area (Å²) in [5.74, 6) is 0.177. The van der Waals surface area contributed by atoms with E-state index in [0.29, 0.717) is 0 Å².